The van der Waals surface area contributed by atoms with Crippen molar-refractivity contribution in [2.75, 3.05) is 25.4 Å². The van der Waals surface area contributed by atoms with Gasteiger partial charge in [0.25, 0.3) is 5.91 Å². The number of nitrogens with zero attached hydrogens (tertiary/aromatic N) is 5. The van der Waals surface area contributed by atoms with Crippen LogP contribution in [0, 0.1) is 0 Å². The fourth-order valence-electron chi connectivity index (χ4n) is 5.79. The highest BCUT2D eigenvalue weighted by atomic mass is 79.9. The van der Waals surface area contributed by atoms with Gasteiger partial charge in [0.1, 0.15) is 5.52 Å². The Balaban J connectivity index is 1.45. The Morgan fingerprint density at radius 3 is 2.64 bits per heavy atom. The van der Waals surface area contributed by atoms with E-state index < -0.39 is 0 Å². The molecule has 4 heterocycles. The monoisotopic (exact) mass is 587 g/mol. The number of amides is 2. The van der Waals surface area contributed by atoms with Gasteiger partial charge in [0, 0.05) is 42.5 Å². The van der Waals surface area contributed by atoms with Crippen LogP contribution in [0.25, 0.3) is 16.7 Å². The zero-order valence-corrected chi connectivity index (χ0v) is 23.5. The Labute approximate surface area is 234 Å². The van der Waals surface area contributed by atoms with Crippen LogP contribution in [-0.2, 0) is 17.6 Å². The highest BCUT2D eigenvalue weighted by molar-refractivity contribution is 9.10. The van der Waals surface area contributed by atoms with Gasteiger partial charge in [0.15, 0.2) is 5.95 Å². The lowest BCUT2D eigenvalue weighted by atomic mass is 9.94. The van der Waals surface area contributed by atoms with Crippen LogP contribution in [0.5, 0.6) is 0 Å². The number of halogens is 1. The number of hydrogen-bond acceptors (Lipinski definition) is 5. The summed E-state index contributed by atoms with van der Waals surface area (Å²) in [5, 5.41) is 5.04. The number of imidazole rings is 1. The minimum atomic E-state index is -0.342. The fraction of sp³-hybridized carbons (Fsp3) is 0.310. The van der Waals surface area contributed by atoms with Gasteiger partial charge in [-0.3, -0.25) is 9.59 Å². The van der Waals surface area contributed by atoms with Gasteiger partial charge in [-0.25, -0.2) is 9.67 Å². The van der Waals surface area contributed by atoms with Gasteiger partial charge in [-0.1, -0.05) is 32.6 Å². The SMILES string of the molecule is C=CC(=O)N1CCc2nn(-c3ccc(C(C)C)cc3)c3c2[C@H](C1)N(C(=O)c1ccc(Br)c2nc(N)[nH]c12)CC3. The van der Waals surface area contributed by atoms with Crippen LogP contribution >= 0.6 is 15.9 Å². The van der Waals surface area contributed by atoms with Gasteiger partial charge in [-0.2, -0.15) is 5.10 Å². The summed E-state index contributed by atoms with van der Waals surface area (Å²) < 4.78 is 2.79. The van der Waals surface area contributed by atoms with E-state index in [0.717, 1.165) is 27.1 Å². The second kappa shape index (κ2) is 9.68. The Hall–Kier alpha value is -3.92. The number of nitrogen functional groups attached to an aromatic ring is 1. The summed E-state index contributed by atoms with van der Waals surface area (Å²) >= 11 is 3.51. The molecule has 0 bridgehead atoms. The predicted octanol–water partition coefficient (Wildman–Crippen LogP) is 4.53. The summed E-state index contributed by atoms with van der Waals surface area (Å²) in [6.07, 6.45) is 2.59. The van der Waals surface area contributed by atoms with Crippen molar-refractivity contribution in [3.63, 3.8) is 0 Å². The van der Waals surface area contributed by atoms with E-state index in [1.807, 2.05) is 15.6 Å². The predicted molar refractivity (Wildman–Crippen MR) is 154 cm³/mol. The molecule has 39 heavy (non-hydrogen) atoms. The molecule has 9 nitrogen and oxygen atoms in total. The molecule has 3 N–H and O–H groups in total. The number of carbonyl (C=O) groups excluding carboxylic acids is 2. The number of carbonyl (C=O) groups is 2. The van der Waals surface area contributed by atoms with Crippen molar-refractivity contribution in [3.8, 4) is 5.69 Å². The minimum absolute atomic E-state index is 0.139. The third-order valence-electron chi connectivity index (χ3n) is 7.80. The normalized spacial score (nSPS) is 16.9. The number of nitrogens with two attached hydrogens (primary N) is 1. The van der Waals surface area contributed by atoms with Crippen molar-refractivity contribution in [1.82, 2.24) is 29.5 Å². The summed E-state index contributed by atoms with van der Waals surface area (Å²) in [6.45, 7) is 9.42. The van der Waals surface area contributed by atoms with Crippen LogP contribution in [0.15, 0.2) is 53.5 Å². The van der Waals surface area contributed by atoms with E-state index >= 15 is 0 Å². The van der Waals surface area contributed by atoms with Gasteiger partial charge < -0.3 is 20.5 Å². The first-order valence-corrected chi connectivity index (χ1v) is 13.9. The zero-order chi connectivity index (χ0) is 27.4. The van der Waals surface area contributed by atoms with Crippen LogP contribution in [-0.4, -0.2) is 61.0 Å². The number of fused-ring (bicyclic) bond motifs is 1. The third-order valence-corrected chi connectivity index (χ3v) is 8.44. The molecule has 0 saturated carbocycles. The molecule has 6 rings (SSSR count). The standard InChI is InChI=1S/C29H30BrN7O2/c1-4-24(38)35-13-11-21-25-22(37(34-21)18-7-5-17(6-8-18)16(2)3)12-14-36(23(25)15-35)28(39)19-9-10-20(30)27-26(19)32-29(31)33-27/h4-10,16,23H,1,11-15H2,2-3H3,(H3,31,32,33)/t23-/m0/s1. The Morgan fingerprint density at radius 2 is 1.92 bits per heavy atom. The summed E-state index contributed by atoms with van der Waals surface area (Å²) in [7, 11) is 0. The number of aromatic amines is 1. The molecule has 2 aliphatic heterocycles. The molecule has 10 heteroatoms. The summed E-state index contributed by atoms with van der Waals surface area (Å²) in [5.41, 5.74) is 13.0. The number of aromatic nitrogens is 4. The summed E-state index contributed by atoms with van der Waals surface area (Å²) in [4.78, 5) is 37.9. The second-order valence-electron chi connectivity index (χ2n) is 10.4. The molecule has 2 amide bonds. The molecule has 200 valence electrons. The maximum Gasteiger partial charge on any atom is 0.256 e. The molecule has 0 saturated heterocycles. The number of benzene rings is 2. The molecule has 1 atom stereocenters. The second-order valence-corrected chi connectivity index (χ2v) is 11.3. The zero-order valence-electron chi connectivity index (χ0n) is 21.9. The molecular weight excluding hydrogens is 558 g/mol. The summed E-state index contributed by atoms with van der Waals surface area (Å²) in [6, 6.07) is 11.8. The molecule has 2 aromatic carbocycles. The first-order valence-electron chi connectivity index (χ1n) is 13.1. The number of H-pyrrole nitrogens is 1. The van der Waals surface area contributed by atoms with Gasteiger partial charge in [0.2, 0.25) is 5.91 Å². The molecular formula is C29H30BrN7O2. The van der Waals surface area contributed by atoms with Gasteiger partial charge in [-0.05, 0) is 57.8 Å². The molecule has 2 aromatic heterocycles. The Bertz CT molecular complexity index is 1620. The third kappa shape index (κ3) is 4.23. The minimum Gasteiger partial charge on any atom is -0.369 e. The van der Waals surface area contributed by atoms with E-state index in [9.17, 15) is 9.59 Å². The Kier molecular flexibility index (Phi) is 6.29. The molecule has 0 spiro atoms. The highest BCUT2D eigenvalue weighted by Crippen LogP contribution is 2.38. The van der Waals surface area contributed by atoms with Crippen molar-refractivity contribution in [2.24, 2.45) is 0 Å². The number of rotatable bonds is 4. The highest BCUT2D eigenvalue weighted by Gasteiger charge is 2.40. The van der Waals surface area contributed by atoms with Crippen molar-refractivity contribution in [3.05, 3.63) is 81.6 Å². The quantitative estimate of drug-likeness (QED) is 0.341. The fourth-order valence-corrected chi connectivity index (χ4v) is 6.21. The van der Waals surface area contributed by atoms with Crippen LogP contribution in [0.1, 0.15) is 58.7 Å². The van der Waals surface area contributed by atoms with Crippen LogP contribution in [0.4, 0.5) is 5.95 Å². The van der Waals surface area contributed by atoms with Crippen LogP contribution in [0.2, 0.25) is 0 Å². The molecule has 0 unspecified atom stereocenters. The van der Waals surface area contributed by atoms with Crippen LogP contribution < -0.4 is 5.73 Å². The van der Waals surface area contributed by atoms with E-state index in [1.165, 1.54) is 11.6 Å². The number of anilines is 1. The lowest BCUT2D eigenvalue weighted by Gasteiger charge is -2.38. The van der Waals surface area contributed by atoms with E-state index in [-0.39, 0.29) is 23.8 Å². The lowest BCUT2D eigenvalue weighted by molar-refractivity contribution is -0.126. The average Bonchev–Trinajstić information content (AvgIpc) is 3.45. The van der Waals surface area contributed by atoms with Gasteiger partial charge in [0.05, 0.1) is 34.2 Å². The van der Waals surface area contributed by atoms with Crippen molar-refractivity contribution in [1.29, 1.82) is 0 Å². The lowest BCUT2D eigenvalue weighted by Crippen LogP contribution is -2.45. The largest absolute Gasteiger partial charge is 0.369 e. The van der Waals surface area contributed by atoms with Crippen molar-refractivity contribution < 1.29 is 9.59 Å². The van der Waals surface area contributed by atoms with E-state index in [1.54, 1.807) is 11.0 Å². The molecule has 4 aromatic rings. The maximum atomic E-state index is 14.2. The van der Waals surface area contributed by atoms with Gasteiger partial charge >= 0.3 is 0 Å². The topological polar surface area (TPSA) is 113 Å². The Morgan fingerprint density at radius 1 is 1.15 bits per heavy atom. The maximum absolute atomic E-state index is 14.2. The molecule has 0 radical (unpaired) electrons. The van der Waals surface area contributed by atoms with E-state index in [2.05, 4.69) is 70.6 Å². The number of nitrogens with one attached hydrogen (secondary N) is 1. The summed E-state index contributed by atoms with van der Waals surface area (Å²) in [5.74, 6) is 0.402. The molecule has 0 aliphatic carbocycles. The molecule has 0 fully saturated rings. The van der Waals surface area contributed by atoms with Crippen molar-refractivity contribution in [2.45, 2.75) is 38.6 Å². The molecule has 2 aliphatic rings. The van der Waals surface area contributed by atoms with E-state index in [0.29, 0.717) is 55.0 Å². The smallest absolute Gasteiger partial charge is 0.256 e. The average molecular weight is 589 g/mol. The first kappa shape index (κ1) is 25.4. The van der Waals surface area contributed by atoms with Crippen molar-refractivity contribution >= 4 is 44.7 Å². The number of hydrogen-bond donors (Lipinski definition) is 2. The first-order chi connectivity index (χ1) is 18.8. The van der Waals surface area contributed by atoms with Gasteiger partial charge in [-0.15, -0.1) is 0 Å². The van der Waals surface area contributed by atoms with E-state index in [4.69, 9.17) is 10.8 Å². The van der Waals surface area contributed by atoms with Crippen LogP contribution in [0.3, 0.4) is 0 Å².